The van der Waals surface area contributed by atoms with Crippen molar-refractivity contribution in [2.24, 2.45) is 0 Å². The van der Waals surface area contributed by atoms with E-state index in [-0.39, 0.29) is 11.9 Å². The zero-order chi connectivity index (χ0) is 10.7. The molecule has 5 heteroatoms. The topological polar surface area (TPSA) is 59.2 Å². The second-order valence-corrected chi connectivity index (χ2v) is 3.75. The van der Waals surface area contributed by atoms with Gasteiger partial charge in [-0.2, -0.15) is 4.98 Å². The van der Waals surface area contributed by atoms with Gasteiger partial charge in [-0.25, -0.2) is 0 Å². The molecule has 0 radical (unpaired) electrons. The number of nitrogens with zero attached hydrogens (tertiary/aromatic N) is 3. The Labute approximate surface area is 88.5 Å². The molecule has 0 aliphatic carbocycles. The van der Waals surface area contributed by atoms with Crippen LogP contribution in [0.25, 0.3) is 0 Å². The first kappa shape index (κ1) is 10.3. The number of aldehydes is 1. The summed E-state index contributed by atoms with van der Waals surface area (Å²) in [7, 11) is 0. The van der Waals surface area contributed by atoms with Gasteiger partial charge in [0, 0.05) is 0 Å². The number of aromatic nitrogens is 2. The molecule has 5 nitrogen and oxygen atoms in total. The van der Waals surface area contributed by atoms with Gasteiger partial charge in [0.25, 0.3) is 0 Å². The van der Waals surface area contributed by atoms with E-state index >= 15 is 0 Å². The molecular weight excluding hydrogens is 194 g/mol. The maximum Gasteiger partial charge on any atom is 0.244 e. The molecule has 82 valence electrons. The van der Waals surface area contributed by atoms with Crippen LogP contribution in [0.1, 0.15) is 48.7 Å². The Bertz CT molecular complexity index is 337. The fourth-order valence-corrected chi connectivity index (χ4v) is 2.08. The second kappa shape index (κ2) is 4.53. The van der Waals surface area contributed by atoms with E-state index in [0.29, 0.717) is 12.2 Å². The SMILES string of the molecule is CCN1CCCCC1c1nc(C=O)no1. The van der Waals surface area contributed by atoms with Gasteiger partial charge in [0.2, 0.25) is 11.7 Å². The van der Waals surface area contributed by atoms with Crippen LogP contribution in [0, 0.1) is 0 Å². The van der Waals surface area contributed by atoms with E-state index in [1.807, 2.05) is 0 Å². The monoisotopic (exact) mass is 209 g/mol. The molecule has 2 rings (SSSR count). The van der Waals surface area contributed by atoms with Crippen LogP contribution >= 0.6 is 0 Å². The minimum absolute atomic E-state index is 0.145. The molecule has 2 heterocycles. The Morgan fingerprint density at radius 2 is 2.47 bits per heavy atom. The number of hydrogen-bond acceptors (Lipinski definition) is 5. The van der Waals surface area contributed by atoms with E-state index in [2.05, 4.69) is 22.0 Å². The molecule has 0 aromatic carbocycles. The van der Waals surface area contributed by atoms with Crippen LogP contribution in [0.2, 0.25) is 0 Å². The molecule has 1 aromatic heterocycles. The summed E-state index contributed by atoms with van der Waals surface area (Å²) in [5, 5.41) is 3.60. The first-order valence-electron chi connectivity index (χ1n) is 5.38. The minimum atomic E-state index is 0.145. The molecular formula is C10H15N3O2. The zero-order valence-electron chi connectivity index (χ0n) is 8.85. The second-order valence-electron chi connectivity index (χ2n) is 3.75. The van der Waals surface area contributed by atoms with Gasteiger partial charge >= 0.3 is 0 Å². The predicted octanol–water partition coefficient (Wildman–Crippen LogP) is 1.43. The summed E-state index contributed by atoms with van der Waals surface area (Å²) in [6.45, 7) is 4.17. The Balaban J connectivity index is 2.16. The van der Waals surface area contributed by atoms with Gasteiger partial charge in [-0.3, -0.25) is 9.69 Å². The number of carbonyl (C=O) groups excluding carboxylic acids is 1. The lowest BCUT2D eigenvalue weighted by Crippen LogP contribution is -2.33. The summed E-state index contributed by atoms with van der Waals surface area (Å²) in [5.41, 5.74) is 0. The molecule has 0 saturated carbocycles. The van der Waals surface area contributed by atoms with E-state index in [0.717, 1.165) is 19.5 Å². The first-order chi connectivity index (χ1) is 7.35. The highest BCUT2D eigenvalue weighted by atomic mass is 16.5. The van der Waals surface area contributed by atoms with E-state index in [1.165, 1.54) is 12.8 Å². The van der Waals surface area contributed by atoms with Crippen molar-refractivity contribution in [3.8, 4) is 0 Å². The highest BCUT2D eigenvalue weighted by Gasteiger charge is 2.27. The maximum absolute atomic E-state index is 10.5. The third-order valence-corrected chi connectivity index (χ3v) is 2.87. The van der Waals surface area contributed by atoms with Gasteiger partial charge in [-0.15, -0.1) is 0 Å². The standard InChI is InChI=1S/C10H15N3O2/c1-2-13-6-4-3-5-8(13)10-11-9(7-14)12-15-10/h7-8H,2-6H2,1H3. The highest BCUT2D eigenvalue weighted by Crippen LogP contribution is 2.29. The number of rotatable bonds is 3. The molecule has 15 heavy (non-hydrogen) atoms. The van der Waals surface area contributed by atoms with Crippen LogP contribution in [0.3, 0.4) is 0 Å². The van der Waals surface area contributed by atoms with Gasteiger partial charge in [0.1, 0.15) is 0 Å². The summed E-state index contributed by atoms with van der Waals surface area (Å²) in [6.07, 6.45) is 4.05. The van der Waals surface area contributed by atoms with Gasteiger partial charge in [-0.05, 0) is 25.9 Å². The van der Waals surface area contributed by atoms with Crippen molar-refractivity contribution in [2.75, 3.05) is 13.1 Å². The van der Waals surface area contributed by atoms with E-state index in [9.17, 15) is 4.79 Å². The van der Waals surface area contributed by atoms with E-state index < -0.39 is 0 Å². The smallest absolute Gasteiger partial charge is 0.244 e. The molecule has 1 fully saturated rings. The molecule has 0 N–H and O–H groups in total. The Morgan fingerprint density at radius 3 is 3.13 bits per heavy atom. The molecule has 1 aliphatic heterocycles. The average Bonchev–Trinajstić information content (AvgIpc) is 2.77. The summed E-state index contributed by atoms with van der Waals surface area (Å²) < 4.78 is 5.09. The lowest BCUT2D eigenvalue weighted by Gasteiger charge is -2.32. The first-order valence-corrected chi connectivity index (χ1v) is 5.38. The number of carbonyl (C=O) groups is 1. The number of likely N-dealkylation sites (tertiary alicyclic amines) is 1. The van der Waals surface area contributed by atoms with Crippen LogP contribution in [-0.4, -0.2) is 34.4 Å². The van der Waals surface area contributed by atoms with E-state index in [4.69, 9.17) is 4.52 Å². The molecule has 1 aromatic rings. The van der Waals surface area contributed by atoms with E-state index in [1.54, 1.807) is 0 Å². The van der Waals surface area contributed by atoms with Gasteiger partial charge in [-0.1, -0.05) is 18.5 Å². The summed E-state index contributed by atoms with van der Waals surface area (Å²) in [6, 6.07) is 0.199. The van der Waals surface area contributed by atoms with Crippen LogP contribution in [0.4, 0.5) is 0 Å². The molecule has 1 unspecified atom stereocenters. The van der Waals surface area contributed by atoms with Crippen LogP contribution in [-0.2, 0) is 0 Å². The molecule has 0 bridgehead atoms. The summed E-state index contributed by atoms with van der Waals surface area (Å²) in [4.78, 5) is 16.8. The number of hydrogen-bond donors (Lipinski definition) is 0. The van der Waals surface area contributed by atoms with Gasteiger partial charge < -0.3 is 4.52 Å². The van der Waals surface area contributed by atoms with Crippen LogP contribution in [0.5, 0.6) is 0 Å². The minimum Gasteiger partial charge on any atom is -0.337 e. The lowest BCUT2D eigenvalue weighted by atomic mass is 10.0. The lowest BCUT2D eigenvalue weighted by molar-refractivity contribution is 0.111. The Kier molecular flexibility index (Phi) is 3.11. The molecule has 0 spiro atoms. The van der Waals surface area contributed by atoms with Gasteiger partial charge in [0.15, 0.2) is 6.29 Å². The summed E-state index contributed by atoms with van der Waals surface area (Å²) >= 11 is 0. The average molecular weight is 209 g/mol. The van der Waals surface area contributed by atoms with Gasteiger partial charge in [0.05, 0.1) is 6.04 Å². The predicted molar refractivity (Wildman–Crippen MR) is 53.5 cm³/mol. The molecule has 1 saturated heterocycles. The number of piperidine rings is 1. The van der Waals surface area contributed by atoms with Crippen molar-refractivity contribution in [1.82, 2.24) is 15.0 Å². The van der Waals surface area contributed by atoms with Crippen LogP contribution in [0.15, 0.2) is 4.52 Å². The fraction of sp³-hybridized carbons (Fsp3) is 0.700. The maximum atomic E-state index is 10.5. The highest BCUT2D eigenvalue weighted by molar-refractivity contribution is 5.68. The largest absolute Gasteiger partial charge is 0.337 e. The molecule has 1 atom stereocenters. The molecule has 0 amide bonds. The van der Waals surface area contributed by atoms with Crippen molar-refractivity contribution < 1.29 is 9.32 Å². The Morgan fingerprint density at radius 1 is 1.60 bits per heavy atom. The quantitative estimate of drug-likeness (QED) is 0.705. The normalized spacial score (nSPS) is 22.9. The van der Waals surface area contributed by atoms with Crippen molar-refractivity contribution in [2.45, 2.75) is 32.2 Å². The third kappa shape index (κ3) is 2.07. The van der Waals surface area contributed by atoms with Crippen LogP contribution < -0.4 is 0 Å². The van der Waals surface area contributed by atoms with Crippen molar-refractivity contribution in [3.05, 3.63) is 11.7 Å². The van der Waals surface area contributed by atoms with Crippen molar-refractivity contribution in [1.29, 1.82) is 0 Å². The van der Waals surface area contributed by atoms with Crippen molar-refractivity contribution in [3.63, 3.8) is 0 Å². The summed E-state index contributed by atoms with van der Waals surface area (Å²) in [5.74, 6) is 0.727. The third-order valence-electron chi connectivity index (χ3n) is 2.87. The Hall–Kier alpha value is -1.23. The fourth-order valence-electron chi connectivity index (χ4n) is 2.08. The zero-order valence-corrected chi connectivity index (χ0v) is 8.85. The molecule has 1 aliphatic rings. The van der Waals surface area contributed by atoms with Crippen molar-refractivity contribution >= 4 is 6.29 Å².